The van der Waals surface area contributed by atoms with Crippen LogP contribution in [0.2, 0.25) is 0 Å². The van der Waals surface area contributed by atoms with Gasteiger partial charge in [-0.15, -0.1) is 0 Å². The number of nitrogens with zero attached hydrogens (tertiary/aromatic N) is 1. The second-order valence-electron chi connectivity index (χ2n) is 22.4. The van der Waals surface area contributed by atoms with Gasteiger partial charge < -0.3 is 27.9 Å². The molecule has 2 atom stereocenters. The van der Waals surface area contributed by atoms with Gasteiger partial charge in [0.15, 0.2) is 6.10 Å². The Labute approximate surface area is 469 Å². The van der Waals surface area contributed by atoms with Crippen LogP contribution in [0, 0.1) is 0 Å². The molecule has 0 spiro atoms. The maximum atomic E-state index is 12.8. The van der Waals surface area contributed by atoms with Gasteiger partial charge >= 0.3 is 11.9 Å². The van der Waals surface area contributed by atoms with E-state index in [0.29, 0.717) is 17.4 Å². The Morgan fingerprint density at radius 1 is 0.421 bits per heavy atom. The lowest BCUT2D eigenvalue weighted by Crippen LogP contribution is -2.37. The Morgan fingerprint density at radius 3 is 1.14 bits per heavy atom. The van der Waals surface area contributed by atoms with E-state index in [-0.39, 0.29) is 32.0 Å². The summed E-state index contributed by atoms with van der Waals surface area (Å²) < 4.78 is 34.1. The first kappa shape index (κ1) is 73.5. The third-order valence-corrected chi connectivity index (χ3v) is 14.7. The van der Waals surface area contributed by atoms with Crippen molar-refractivity contribution in [2.75, 3.05) is 47.5 Å². The molecular weight excluding hydrogens is 966 g/mol. The van der Waals surface area contributed by atoms with E-state index < -0.39 is 26.5 Å². The topological polar surface area (TPSA) is 111 Å². The Bertz CT molecular complexity index is 1510. The van der Waals surface area contributed by atoms with Crippen LogP contribution in [0.15, 0.2) is 72.9 Å². The summed E-state index contributed by atoms with van der Waals surface area (Å²) in [7, 11) is 1.14. The molecule has 76 heavy (non-hydrogen) atoms. The molecule has 0 amide bonds. The van der Waals surface area contributed by atoms with E-state index in [1.165, 1.54) is 180 Å². The van der Waals surface area contributed by atoms with Crippen molar-refractivity contribution in [1.29, 1.82) is 0 Å². The molecule has 2 unspecified atom stereocenters. The lowest BCUT2D eigenvalue weighted by Gasteiger charge is -2.28. The molecule has 0 N–H and O–H groups in total. The molecule has 0 saturated heterocycles. The molecule has 0 aromatic rings. The van der Waals surface area contributed by atoms with Crippen molar-refractivity contribution in [1.82, 2.24) is 0 Å². The van der Waals surface area contributed by atoms with Crippen LogP contribution in [0.5, 0.6) is 0 Å². The number of phosphoric ester groups is 1. The van der Waals surface area contributed by atoms with Gasteiger partial charge in [-0.25, -0.2) is 0 Å². The first-order valence-electron chi connectivity index (χ1n) is 31.6. The maximum absolute atomic E-state index is 12.8. The lowest BCUT2D eigenvalue weighted by atomic mass is 10.0. The monoisotopic (exact) mass is 1090 g/mol. The highest BCUT2D eigenvalue weighted by Crippen LogP contribution is 2.38. The van der Waals surface area contributed by atoms with Crippen LogP contribution in [0.3, 0.4) is 0 Å². The smallest absolute Gasteiger partial charge is 0.306 e. The van der Waals surface area contributed by atoms with Gasteiger partial charge in [0, 0.05) is 12.8 Å². The molecule has 0 saturated carbocycles. The van der Waals surface area contributed by atoms with E-state index in [2.05, 4.69) is 86.8 Å². The number of likely N-dealkylation sites (N-methyl/N-ethyl adjacent to an activating group) is 1. The van der Waals surface area contributed by atoms with Crippen LogP contribution in [0.25, 0.3) is 0 Å². The van der Waals surface area contributed by atoms with Crippen LogP contribution in [0.4, 0.5) is 0 Å². The Kier molecular flexibility index (Phi) is 55.2. The van der Waals surface area contributed by atoms with E-state index >= 15 is 0 Å². The van der Waals surface area contributed by atoms with Crippen molar-refractivity contribution in [3.05, 3.63) is 72.9 Å². The minimum absolute atomic E-state index is 0.0395. The number of hydrogen-bond acceptors (Lipinski definition) is 8. The van der Waals surface area contributed by atoms with Crippen molar-refractivity contribution in [3.63, 3.8) is 0 Å². The van der Waals surface area contributed by atoms with Crippen LogP contribution in [-0.2, 0) is 32.7 Å². The SMILES string of the molecule is CC/C=C\C/C=C\C/C=C\C/C=C\C/C=C\CCCCCC(=O)OC(COC(=O)CCCCCCCCCCCCCCCCCCCCCCC/C=C\CCCCCCCCCC)COP(=O)([O-])OCC[N+](C)(C)C. The second-order valence-corrected chi connectivity index (χ2v) is 23.8. The summed E-state index contributed by atoms with van der Waals surface area (Å²) in [5.74, 6) is -0.865. The second kappa shape index (κ2) is 57.1. The lowest BCUT2D eigenvalue weighted by molar-refractivity contribution is -0.870. The normalized spacial score (nSPS) is 13.7. The molecule has 442 valence electrons. The van der Waals surface area contributed by atoms with E-state index in [9.17, 15) is 19.0 Å². The van der Waals surface area contributed by atoms with Crippen LogP contribution >= 0.6 is 7.82 Å². The van der Waals surface area contributed by atoms with Crippen LogP contribution in [0.1, 0.15) is 284 Å². The molecule has 0 fully saturated rings. The zero-order valence-electron chi connectivity index (χ0n) is 50.2. The van der Waals surface area contributed by atoms with Crippen molar-refractivity contribution in [3.8, 4) is 0 Å². The molecule has 0 aromatic carbocycles. The molecule has 0 bridgehead atoms. The standard InChI is InChI=1S/C66H120NO8P/c1-6-8-10-12-14-16-18-20-22-24-26-27-28-29-30-31-32-33-34-35-36-37-38-39-41-42-44-46-48-50-52-54-56-58-65(68)72-62-64(63-74-76(70,71)73-61-60-67(3,4)5)75-66(69)59-57-55-53-51-49-47-45-43-40-25-23-21-19-17-15-13-11-9-7-2/h9,11,15,17,21,23-24,26,40,43,47,49,64H,6-8,10,12-14,16,18-20,22,25,27-39,41-42,44-46,48,50-63H2,1-5H3/b11-9-,17-15-,23-21-,26-24-,43-40-,49-47-. The summed E-state index contributed by atoms with van der Waals surface area (Å²) >= 11 is 0. The minimum atomic E-state index is -4.65. The average molecular weight is 1090 g/mol. The van der Waals surface area contributed by atoms with Gasteiger partial charge in [-0.1, -0.05) is 260 Å². The number of carbonyl (C=O) groups is 2. The predicted molar refractivity (Wildman–Crippen MR) is 323 cm³/mol. The fourth-order valence-corrected chi connectivity index (χ4v) is 9.58. The van der Waals surface area contributed by atoms with Gasteiger partial charge in [-0.3, -0.25) is 14.2 Å². The molecular formula is C66H120NO8P. The number of unbranched alkanes of at least 4 members (excludes halogenated alkanes) is 32. The maximum Gasteiger partial charge on any atom is 0.306 e. The largest absolute Gasteiger partial charge is 0.756 e. The van der Waals surface area contributed by atoms with Crippen LogP contribution in [-0.4, -0.2) is 70.0 Å². The molecule has 0 heterocycles. The molecule has 0 aromatic heterocycles. The average Bonchev–Trinajstić information content (AvgIpc) is 3.38. The third kappa shape index (κ3) is 60.7. The minimum Gasteiger partial charge on any atom is -0.756 e. The number of ether oxygens (including phenoxy) is 2. The van der Waals surface area contributed by atoms with E-state index in [1.807, 2.05) is 21.1 Å². The first-order chi connectivity index (χ1) is 37.0. The van der Waals surface area contributed by atoms with Gasteiger partial charge in [0.1, 0.15) is 19.8 Å². The Morgan fingerprint density at radius 2 is 0.750 bits per heavy atom. The van der Waals surface area contributed by atoms with Crippen molar-refractivity contribution in [2.24, 2.45) is 0 Å². The number of carbonyl (C=O) groups excluding carboxylic acids is 2. The van der Waals surface area contributed by atoms with Gasteiger partial charge in [0.25, 0.3) is 7.82 Å². The summed E-state index contributed by atoms with van der Waals surface area (Å²) in [5.41, 5.74) is 0. The highest BCUT2D eigenvalue weighted by molar-refractivity contribution is 7.45. The zero-order valence-corrected chi connectivity index (χ0v) is 51.1. The number of rotatable bonds is 58. The first-order valence-corrected chi connectivity index (χ1v) is 33.1. The molecule has 0 aliphatic rings. The zero-order chi connectivity index (χ0) is 55.6. The fourth-order valence-electron chi connectivity index (χ4n) is 8.86. The fraction of sp³-hybridized carbons (Fsp3) is 0.788. The number of hydrogen-bond donors (Lipinski definition) is 0. The van der Waals surface area contributed by atoms with Crippen molar-refractivity contribution in [2.45, 2.75) is 290 Å². The molecule has 10 heteroatoms. The molecule has 9 nitrogen and oxygen atoms in total. The summed E-state index contributed by atoms with van der Waals surface area (Å²) in [4.78, 5) is 37.9. The number of allylic oxidation sites excluding steroid dienone is 12. The van der Waals surface area contributed by atoms with E-state index in [1.54, 1.807) is 0 Å². The Balaban J connectivity index is 4.04. The van der Waals surface area contributed by atoms with Crippen molar-refractivity contribution >= 4 is 19.8 Å². The Hall–Kier alpha value is -2.55. The number of phosphoric acid groups is 1. The number of quaternary nitrogens is 1. The summed E-state index contributed by atoms with van der Waals surface area (Å²) in [6.45, 7) is 4.11. The summed E-state index contributed by atoms with van der Waals surface area (Å²) in [6, 6.07) is 0. The molecule has 0 rings (SSSR count). The summed E-state index contributed by atoms with van der Waals surface area (Å²) in [5, 5.41) is 0. The molecule has 0 radical (unpaired) electrons. The number of esters is 2. The quantitative estimate of drug-likeness (QED) is 0.0195. The van der Waals surface area contributed by atoms with Crippen LogP contribution < -0.4 is 4.89 Å². The van der Waals surface area contributed by atoms with Gasteiger partial charge in [0.05, 0.1) is 27.7 Å². The molecule has 0 aliphatic carbocycles. The van der Waals surface area contributed by atoms with E-state index in [0.717, 1.165) is 70.6 Å². The van der Waals surface area contributed by atoms with Crippen molar-refractivity contribution < 1.29 is 42.1 Å². The predicted octanol–water partition coefficient (Wildman–Crippen LogP) is 19.4. The van der Waals surface area contributed by atoms with Gasteiger partial charge in [-0.05, 0) is 83.5 Å². The molecule has 0 aliphatic heterocycles. The highest BCUT2D eigenvalue weighted by atomic mass is 31.2. The van der Waals surface area contributed by atoms with E-state index in [4.69, 9.17) is 18.5 Å². The summed E-state index contributed by atoms with van der Waals surface area (Å²) in [6.07, 6.45) is 75.5. The highest BCUT2D eigenvalue weighted by Gasteiger charge is 2.22. The third-order valence-electron chi connectivity index (χ3n) is 13.7. The van der Waals surface area contributed by atoms with Gasteiger partial charge in [0.2, 0.25) is 0 Å². The van der Waals surface area contributed by atoms with Gasteiger partial charge in [-0.2, -0.15) is 0 Å².